The minimum Gasteiger partial charge on any atom is -0.197 e. The molecule has 0 atom stereocenters. The van der Waals surface area contributed by atoms with Crippen LogP contribution in [0.3, 0.4) is 0 Å². The summed E-state index contributed by atoms with van der Waals surface area (Å²) in [6.45, 7) is 30.5. The Kier molecular flexibility index (Phi) is 19.1. The van der Waals surface area contributed by atoms with Crippen LogP contribution in [0.1, 0.15) is 131 Å². The molecule has 1 nitrogen and oxygen atoms in total. The molecule has 0 bridgehead atoms. The molecule has 0 saturated carbocycles. The van der Waals surface area contributed by atoms with E-state index in [1.165, 1.54) is 16.1 Å². The van der Waals surface area contributed by atoms with E-state index in [1.807, 2.05) is 13.8 Å². The quantitative estimate of drug-likeness (QED) is 0.526. The van der Waals surface area contributed by atoms with Gasteiger partial charge in [0.2, 0.25) is 0 Å². The van der Waals surface area contributed by atoms with Crippen LogP contribution in [0.5, 0.6) is 0 Å². The largest absolute Gasteiger partial charge is 0.197 e. The van der Waals surface area contributed by atoms with Crippen LogP contribution in [0.4, 0.5) is 0 Å². The van der Waals surface area contributed by atoms with Gasteiger partial charge in [0.05, 0.1) is 5.69 Å². The lowest BCUT2D eigenvalue weighted by atomic mass is 9.92. The van der Waals surface area contributed by atoms with Crippen LogP contribution in [0, 0.1) is 11.8 Å². The standard InChI is InChI=1S/C12H21NS.2C4H10.C2H6/c1-7(2)10-11(8(3)4)13-14-12(10)9(5)6;2*1-4(2)3;1-2/h7-9H,1-6H3;2*4H,1-3H3;1-2H3. The van der Waals surface area contributed by atoms with E-state index in [0.29, 0.717) is 17.8 Å². The summed E-state index contributed by atoms with van der Waals surface area (Å²) in [6.07, 6.45) is 0. The number of aromatic nitrogens is 1. The lowest BCUT2D eigenvalue weighted by molar-refractivity contribution is 0.736. The highest BCUT2D eigenvalue weighted by Crippen LogP contribution is 2.35. The van der Waals surface area contributed by atoms with Crippen LogP contribution in [0.25, 0.3) is 0 Å². The molecule has 2 heteroatoms. The van der Waals surface area contributed by atoms with Gasteiger partial charge in [-0.2, -0.15) is 4.37 Å². The van der Waals surface area contributed by atoms with Crippen molar-refractivity contribution in [2.24, 2.45) is 11.8 Å². The van der Waals surface area contributed by atoms with Crippen molar-refractivity contribution in [2.45, 2.75) is 115 Å². The van der Waals surface area contributed by atoms with Crippen LogP contribution < -0.4 is 0 Å². The van der Waals surface area contributed by atoms with Gasteiger partial charge in [-0.1, -0.05) is 96.9 Å². The molecule has 1 aromatic heterocycles. The molecule has 0 aromatic carbocycles. The molecule has 0 unspecified atom stereocenters. The van der Waals surface area contributed by atoms with Crippen molar-refractivity contribution < 1.29 is 0 Å². The molecule has 0 amide bonds. The second-order valence-corrected chi connectivity index (χ2v) is 9.08. The van der Waals surface area contributed by atoms with Gasteiger partial charge >= 0.3 is 0 Å². The van der Waals surface area contributed by atoms with E-state index in [4.69, 9.17) is 0 Å². The summed E-state index contributed by atoms with van der Waals surface area (Å²) < 4.78 is 4.60. The fourth-order valence-electron chi connectivity index (χ4n) is 1.74. The molecule has 0 radical (unpaired) electrons. The SMILES string of the molecule is CC.CC(C)C.CC(C)C.CC(C)c1nsc(C(C)C)c1C(C)C. The first-order valence-corrected chi connectivity index (χ1v) is 10.7. The first-order valence-electron chi connectivity index (χ1n) is 9.90. The number of hydrogen-bond acceptors (Lipinski definition) is 2. The molecule has 0 aliphatic heterocycles. The van der Waals surface area contributed by atoms with Crippen LogP contribution in [0.15, 0.2) is 0 Å². The van der Waals surface area contributed by atoms with E-state index in [1.54, 1.807) is 11.5 Å². The predicted octanol–water partition coefficient (Wildman–Crippen LogP) is 8.86. The van der Waals surface area contributed by atoms with E-state index in [0.717, 1.165) is 11.8 Å². The second kappa shape index (κ2) is 16.1. The molecule has 146 valence electrons. The van der Waals surface area contributed by atoms with Crippen LogP contribution in [0.2, 0.25) is 0 Å². The Balaban J connectivity index is -0.000000367. The zero-order chi connectivity index (χ0) is 20.0. The minimum atomic E-state index is 0.552. The maximum atomic E-state index is 4.60. The van der Waals surface area contributed by atoms with Gasteiger partial charge < -0.3 is 0 Å². The first kappa shape index (κ1) is 28.4. The third-order valence-corrected chi connectivity index (χ3v) is 3.61. The molecule has 1 aromatic rings. The molecule has 1 rings (SSSR count). The fraction of sp³-hybridized carbons (Fsp3) is 0.864. The van der Waals surface area contributed by atoms with Crippen LogP contribution >= 0.6 is 11.5 Å². The average molecular weight is 358 g/mol. The van der Waals surface area contributed by atoms with Crippen LogP contribution in [-0.2, 0) is 0 Å². The Morgan fingerprint density at radius 1 is 0.583 bits per heavy atom. The Morgan fingerprint density at radius 3 is 1.12 bits per heavy atom. The predicted molar refractivity (Wildman–Crippen MR) is 117 cm³/mol. The summed E-state index contributed by atoms with van der Waals surface area (Å²) in [5, 5.41) is 0. The van der Waals surface area contributed by atoms with E-state index in [-0.39, 0.29) is 0 Å². The number of nitrogens with zero attached hydrogens (tertiary/aromatic N) is 1. The van der Waals surface area contributed by atoms with Crippen molar-refractivity contribution in [3.05, 3.63) is 16.1 Å². The Morgan fingerprint density at radius 2 is 0.917 bits per heavy atom. The summed E-state index contributed by atoms with van der Waals surface area (Å²) in [4.78, 5) is 1.48. The zero-order valence-corrected chi connectivity index (χ0v) is 20.1. The van der Waals surface area contributed by atoms with Crippen molar-refractivity contribution in [3.63, 3.8) is 0 Å². The summed E-state index contributed by atoms with van der Waals surface area (Å²) >= 11 is 1.69. The molecule has 0 aliphatic carbocycles. The molecular formula is C22H47NS. The summed E-state index contributed by atoms with van der Waals surface area (Å²) in [5.41, 5.74) is 2.81. The van der Waals surface area contributed by atoms with E-state index < -0.39 is 0 Å². The molecule has 0 fully saturated rings. The highest BCUT2D eigenvalue weighted by molar-refractivity contribution is 7.06. The van der Waals surface area contributed by atoms with Gasteiger partial charge in [0.15, 0.2) is 0 Å². The highest BCUT2D eigenvalue weighted by Gasteiger charge is 2.20. The molecule has 0 saturated heterocycles. The van der Waals surface area contributed by atoms with Gasteiger partial charge in [0.1, 0.15) is 0 Å². The maximum absolute atomic E-state index is 4.60. The molecule has 0 spiro atoms. The highest BCUT2D eigenvalue weighted by atomic mass is 32.1. The van der Waals surface area contributed by atoms with Crippen molar-refractivity contribution in [1.29, 1.82) is 0 Å². The van der Waals surface area contributed by atoms with Crippen molar-refractivity contribution in [3.8, 4) is 0 Å². The smallest absolute Gasteiger partial charge is 0.0605 e. The third-order valence-electron chi connectivity index (χ3n) is 2.43. The van der Waals surface area contributed by atoms with Gasteiger partial charge in [-0.3, -0.25) is 0 Å². The molecule has 0 N–H and O–H groups in total. The fourth-order valence-corrected chi connectivity index (χ4v) is 2.89. The Labute approximate surface area is 158 Å². The lowest BCUT2D eigenvalue weighted by Crippen LogP contribution is -1.99. The van der Waals surface area contributed by atoms with E-state index >= 15 is 0 Å². The minimum absolute atomic E-state index is 0.552. The first-order chi connectivity index (χ1) is 10.9. The van der Waals surface area contributed by atoms with E-state index in [2.05, 4.69) is 87.5 Å². The van der Waals surface area contributed by atoms with Gasteiger partial charge in [0, 0.05) is 4.88 Å². The summed E-state index contributed by atoms with van der Waals surface area (Å²) in [5.74, 6) is 3.43. The van der Waals surface area contributed by atoms with Gasteiger partial charge in [-0.05, 0) is 46.7 Å². The number of rotatable bonds is 3. The molecule has 0 aliphatic rings. The van der Waals surface area contributed by atoms with Crippen molar-refractivity contribution in [2.75, 3.05) is 0 Å². The zero-order valence-electron chi connectivity index (χ0n) is 19.2. The molecule has 24 heavy (non-hydrogen) atoms. The number of hydrogen-bond donors (Lipinski definition) is 0. The average Bonchev–Trinajstić information content (AvgIpc) is 2.84. The third kappa shape index (κ3) is 15.2. The lowest BCUT2D eigenvalue weighted by Gasteiger charge is -2.13. The van der Waals surface area contributed by atoms with E-state index in [9.17, 15) is 0 Å². The normalized spacial score (nSPS) is 10.3. The van der Waals surface area contributed by atoms with Crippen molar-refractivity contribution in [1.82, 2.24) is 4.37 Å². The Hall–Kier alpha value is -0.370. The van der Waals surface area contributed by atoms with Crippen molar-refractivity contribution >= 4 is 11.5 Å². The van der Waals surface area contributed by atoms with Crippen LogP contribution in [-0.4, -0.2) is 4.37 Å². The molecular weight excluding hydrogens is 310 g/mol. The second-order valence-electron chi connectivity index (χ2n) is 8.27. The van der Waals surface area contributed by atoms with Gasteiger partial charge in [-0.25, -0.2) is 0 Å². The van der Waals surface area contributed by atoms with Gasteiger partial charge in [-0.15, -0.1) is 0 Å². The Bertz CT molecular complexity index is 336. The summed E-state index contributed by atoms with van der Waals surface area (Å²) in [6, 6.07) is 0. The molecule has 1 heterocycles. The summed E-state index contributed by atoms with van der Waals surface area (Å²) in [7, 11) is 0. The maximum Gasteiger partial charge on any atom is 0.0605 e. The van der Waals surface area contributed by atoms with Gasteiger partial charge in [0.25, 0.3) is 0 Å². The topological polar surface area (TPSA) is 12.9 Å². The monoisotopic (exact) mass is 357 g/mol.